The number of Topliss-reactive ketones (excluding diaryl/α,β-unsaturated/α-hetero) is 1. The molecule has 2 aliphatic rings. The van der Waals surface area contributed by atoms with Gasteiger partial charge in [0, 0.05) is 12.3 Å². The molecular formula is C8H12O2. The second kappa shape index (κ2) is 2.06. The average molecular weight is 140 g/mol. The van der Waals surface area contributed by atoms with E-state index in [2.05, 4.69) is 0 Å². The van der Waals surface area contributed by atoms with Crippen LogP contribution < -0.4 is 0 Å². The average Bonchev–Trinajstić information content (AvgIpc) is 2.28. The Bertz CT molecular complexity index is 165. The highest BCUT2D eigenvalue weighted by Crippen LogP contribution is 2.39. The van der Waals surface area contributed by atoms with Gasteiger partial charge in [-0.15, -0.1) is 0 Å². The van der Waals surface area contributed by atoms with Gasteiger partial charge in [-0.3, -0.25) is 4.79 Å². The zero-order valence-corrected chi connectivity index (χ0v) is 5.92. The van der Waals surface area contributed by atoms with Crippen LogP contribution >= 0.6 is 0 Å². The van der Waals surface area contributed by atoms with Gasteiger partial charge in [-0.1, -0.05) is 0 Å². The summed E-state index contributed by atoms with van der Waals surface area (Å²) in [7, 11) is 0. The second-order valence-corrected chi connectivity index (χ2v) is 3.51. The molecule has 3 atom stereocenters. The molecule has 2 saturated carbocycles. The number of fused-ring (bicyclic) bond motifs is 2. The Morgan fingerprint density at radius 1 is 1.40 bits per heavy atom. The van der Waals surface area contributed by atoms with Crippen molar-refractivity contribution in [1.29, 1.82) is 0 Å². The van der Waals surface area contributed by atoms with Crippen molar-refractivity contribution in [3.05, 3.63) is 0 Å². The fraction of sp³-hybridized carbons (Fsp3) is 0.875. The van der Waals surface area contributed by atoms with Crippen LogP contribution in [0.4, 0.5) is 0 Å². The molecule has 0 radical (unpaired) electrons. The molecule has 0 heterocycles. The highest BCUT2D eigenvalue weighted by atomic mass is 16.3. The van der Waals surface area contributed by atoms with Crippen LogP contribution in [0.1, 0.15) is 25.7 Å². The molecule has 0 amide bonds. The van der Waals surface area contributed by atoms with Crippen molar-refractivity contribution in [3.8, 4) is 0 Å². The molecule has 2 bridgehead atoms. The summed E-state index contributed by atoms with van der Waals surface area (Å²) in [6, 6.07) is 0. The summed E-state index contributed by atoms with van der Waals surface area (Å²) in [5.74, 6) is 1.05. The lowest BCUT2D eigenvalue weighted by atomic mass is 9.86. The Morgan fingerprint density at radius 2 is 2.20 bits per heavy atom. The van der Waals surface area contributed by atoms with E-state index in [9.17, 15) is 9.90 Å². The van der Waals surface area contributed by atoms with E-state index in [0.29, 0.717) is 24.0 Å². The Kier molecular flexibility index (Phi) is 1.31. The number of ketones is 1. The minimum absolute atomic E-state index is 0.293. The normalized spacial score (nSPS) is 46.1. The molecule has 0 aliphatic heterocycles. The molecule has 2 rings (SSSR count). The summed E-state index contributed by atoms with van der Waals surface area (Å²) < 4.78 is 0. The topological polar surface area (TPSA) is 37.3 Å². The summed E-state index contributed by atoms with van der Waals surface area (Å²) in [4.78, 5) is 11.1. The zero-order chi connectivity index (χ0) is 7.14. The van der Waals surface area contributed by atoms with Crippen LogP contribution in [0.3, 0.4) is 0 Å². The van der Waals surface area contributed by atoms with E-state index < -0.39 is 0 Å². The molecule has 0 spiro atoms. The minimum Gasteiger partial charge on any atom is -0.392 e. The molecule has 0 aromatic rings. The summed E-state index contributed by atoms with van der Waals surface area (Å²) in [5, 5.41) is 9.35. The van der Waals surface area contributed by atoms with E-state index in [1.165, 1.54) is 0 Å². The SMILES string of the molecule is O=C1C[C@H](O)[C@@H]2CC[C@H]1C2. The van der Waals surface area contributed by atoms with E-state index in [1.807, 2.05) is 0 Å². The monoisotopic (exact) mass is 140 g/mol. The summed E-state index contributed by atoms with van der Waals surface area (Å²) in [6.45, 7) is 0. The van der Waals surface area contributed by atoms with Gasteiger partial charge in [0.2, 0.25) is 0 Å². The molecule has 0 saturated heterocycles. The quantitative estimate of drug-likeness (QED) is 0.538. The van der Waals surface area contributed by atoms with E-state index >= 15 is 0 Å². The number of rotatable bonds is 0. The predicted octanol–water partition coefficient (Wildman–Crippen LogP) is 0.736. The highest BCUT2D eigenvalue weighted by Gasteiger charge is 2.39. The molecule has 1 N–H and O–H groups in total. The first-order chi connectivity index (χ1) is 4.77. The van der Waals surface area contributed by atoms with Crippen LogP contribution in [-0.2, 0) is 4.79 Å². The van der Waals surface area contributed by atoms with Crippen molar-refractivity contribution in [3.63, 3.8) is 0 Å². The molecule has 2 aliphatic carbocycles. The van der Waals surface area contributed by atoms with E-state index in [-0.39, 0.29) is 6.10 Å². The number of aliphatic hydroxyl groups is 1. The van der Waals surface area contributed by atoms with Crippen molar-refractivity contribution in [2.75, 3.05) is 0 Å². The lowest BCUT2D eigenvalue weighted by Crippen LogP contribution is -2.29. The maximum Gasteiger partial charge on any atom is 0.138 e. The first-order valence-corrected chi connectivity index (χ1v) is 3.98. The minimum atomic E-state index is -0.314. The van der Waals surface area contributed by atoms with Crippen molar-refractivity contribution >= 4 is 5.78 Å². The highest BCUT2D eigenvalue weighted by molar-refractivity contribution is 5.82. The Labute approximate surface area is 60.2 Å². The van der Waals surface area contributed by atoms with Crippen molar-refractivity contribution in [2.24, 2.45) is 11.8 Å². The van der Waals surface area contributed by atoms with Gasteiger partial charge in [0.1, 0.15) is 5.78 Å². The molecule has 0 unspecified atom stereocenters. The second-order valence-electron chi connectivity index (χ2n) is 3.51. The van der Waals surface area contributed by atoms with Crippen molar-refractivity contribution in [1.82, 2.24) is 0 Å². The van der Waals surface area contributed by atoms with Gasteiger partial charge in [0.25, 0.3) is 0 Å². The molecule has 10 heavy (non-hydrogen) atoms. The molecule has 2 fully saturated rings. The predicted molar refractivity (Wildman–Crippen MR) is 36.5 cm³/mol. The maximum absolute atomic E-state index is 11.1. The van der Waals surface area contributed by atoms with Gasteiger partial charge >= 0.3 is 0 Å². The van der Waals surface area contributed by atoms with Crippen LogP contribution in [0.2, 0.25) is 0 Å². The Balaban J connectivity index is 2.16. The standard InChI is InChI=1S/C8H12O2/c9-7-4-8(10)6-2-1-5(7)3-6/h5-7,9H,1-4H2/t5-,6+,7+/m1/s1. The molecule has 2 heteroatoms. The summed E-state index contributed by atoms with van der Waals surface area (Å²) in [5.41, 5.74) is 0. The third kappa shape index (κ3) is 0.788. The molecular weight excluding hydrogens is 128 g/mol. The lowest BCUT2D eigenvalue weighted by Gasteiger charge is -2.22. The first-order valence-electron chi connectivity index (χ1n) is 3.98. The number of carbonyl (C=O) groups excluding carboxylic acids is 1. The Morgan fingerprint density at radius 3 is 3.00 bits per heavy atom. The maximum atomic E-state index is 11.1. The smallest absolute Gasteiger partial charge is 0.138 e. The lowest BCUT2D eigenvalue weighted by molar-refractivity contribution is -0.127. The van der Waals surface area contributed by atoms with Gasteiger partial charge in [-0.25, -0.2) is 0 Å². The Hall–Kier alpha value is -0.370. The van der Waals surface area contributed by atoms with Crippen LogP contribution in [0.15, 0.2) is 0 Å². The van der Waals surface area contributed by atoms with Crippen molar-refractivity contribution < 1.29 is 9.90 Å². The summed E-state index contributed by atoms with van der Waals surface area (Å²) >= 11 is 0. The third-order valence-corrected chi connectivity index (χ3v) is 2.88. The number of hydrogen-bond donors (Lipinski definition) is 1. The van der Waals surface area contributed by atoms with Gasteiger partial charge in [0.15, 0.2) is 0 Å². The number of hydrogen-bond acceptors (Lipinski definition) is 2. The summed E-state index contributed by atoms with van der Waals surface area (Å²) in [6.07, 6.45) is 3.17. The van der Waals surface area contributed by atoms with Crippen LogP contribution in [0.25, 0.3) is 0 Å². The fourth-order valence-corrected chi connectivity index (χ4v) is 2.20. The van der Waals surface area contributed by atoms with E-state index in [0.717, 1.165) is 19.3 Å². The molecule has 0 aromatic carbocycles. The number of carbonyl (C=O) groups is 1. The molecule has 2 nitrogen and oxygen atoms in total. The van der Waals surface area contributed by atoms with Crippen LogP contribution in [-0.4, -0.2) is 17.0 Å². The van der Waals surface area contributed by atoms with E-state index in [4.69, 9.17) is 0 Å². The number of aliphatic hydroxyl groups excluding tert-OH is 1. The van der Waals surface area contributed by atoms with Gasteiger partial charge < -0.3 is 5.11 Å². The molecule has 0 aromatic heterocycles. The largest absolute Gasteiger partial charge is 0.392 e. The van der Waals surface area contributed by atoms with Gasteiger partial charge in [0.05, 0.1) is 6.10 Å². The third-order valence-electron chi connectivity index (χ3n) is 2.88. The van der Waals surface area contributed by atoms with E-state index in [1.54, 1.807) is 0 Å². The van der Waals surface area contributed by atoms with Gasteiger partial charge in [-0.05, 0) is 25.2 Å². The van der Waals surface area contributed by atoms with Crippen molar-refractivity contribution in [2.45, 2.75) is 31.8 Å². The zero-order valence-electron chi connectivity index (χ0n) is 5.92. The van der Waals surface area contributed by atoms with Crippen LogP contribution in [0.5, 0.6) is 0 Å². The molecule has 56 valence electrons. The van der Waals surface area contributed by atoms with Gasteiger partial charge in [-0.2, -0.15) is 0 Å². The fourth-order valence-electron chi connectivity index (χ4n) is 2.20. The van der Waals surface area contributed by atoms with Crippen LogP contribution in [0, 0.1) is 11.8 Å². The first kappa shape index (κ1) is 6.35.